The summed E-state index contributed by atoms with van der Waals surface area (Å²) in [7, 11) is 0. The molecule has 3 heterocycles. The molecule has 0 unspecified atom stereocenters. The highest BCUT2D eigenvalue weighted by Crippen LogP contribution is 2.22. The van der Waals surface area contributed by atoms with Crippen LogP contribution in [0.3, 0.4) is 0 Å². The second-order valence-electron chi connectivity index (χ2n) is 5.32. The monoisotopic (exact) mass is 300 g/mol. The highest BCUT2D eigenvalue weighted by atomic mass is 16.6. The van der Waals surface area contributed by atoms with Crippen molar-refractivity contribution >= 4 is 28.9 Å². The summed E-state index contributed by atoms with van der Waals surface area (Å²) in [6.45, 7) is 0.459. The number of nitrogens with one attached hydrogen (secondary N) is 1. The molecule has 3 amide bonds. The minimum Gasteiger partial charge on any atom is -0.439 e. The number of likely N-dealkylation sites (tertiary alicyclic amines) is 1. The molecule has 1 aromatic carbocycles. The summed E-state index contributed by atoms with van der Waals surface area (Å²) in [6, 6.07) is 4.95. The van der Waals surface area contributed by atoms with Crippen LogP contribution in [0.5, 0.6) is 0 Å². The van der Waals surface area contributed by atoms with Crippen LogP contribution in [0.4, 0.5) is 4.79 Å². The van der Waals surface area contributed by atoms with Crippen molar-refractivity contribution in [2.75, 3.05) is 19.7 Å². The summed E-state index contributed by atoms with van der Waals surface area (Å²) in [5.74, 6) is -0.478. The van der Waals surface area contributed by atoms with Crippen molar-refractivity contribution in [3.05, 3.63) is 30.1 Å². The van der Waals surface area contributed by atoms with Gasteiger partial charge in [0.05, 0.1) is 23.4 Å². The fourth-order valence-corrected chi connectivity index (χ4v) is 2.75. The first-order valence-electron chi connectivity index (χ1n) is 6.85. The van der Waals surface area contributed by atoms with Gasteiger partial charge in [-0.15, -0.1) is 0 Å². The van der Waals surface area contributed by atoms with Gasteiger partial charge in [-0.25, -0.2) is 14.7 Å². The molecule has 8 heteroatoms. The molecule has 112 valence electrons. The molecule has 2 aliphatic heterocycles. The van der Waals surface area contributed by atoms with Crippen molar-refractivity contribution in [1.82, 2.24) is 19.8 Å². The van der Waals surface area contributed by atoms with E-state index in [0.717, 1.165) is 15.9 Å². The molecule has 1 aromatic heterocycles. The van der Waals surface area contributed by atoms with E-state index in [1.165, 1.54) is 0 Å². The molecule has 2 aromatic rings. The van der Waals surface area contributed by atoms with E-state index in [0.29, 0.717) is 18.7 Å². The molecular weight excluding hydrogens is 288 g/mol. The van der Waals surface area contributed by atoms with Gasteiger partial charge in [-0.2, -0.15) is 0 Å². The molecule has 0 atom stereocenters. The van der Waals surface area contributed by atoms with E-state index in [-0.39, 0.29) is 24.5 Å². The number of hydrogen-bond donors (Lipinski definition) is 1. The van der Waals surface area contributed by atoms with Crippen molar-refractivity contribution in [3.8, 4) is 0 Å². The summed E-state index contributed by atoms with van der Waals surface area (Å²) in [5, 5.41) is 0. The van der Waals surface area contributed by atoms with Crippen LogP contribution in [-0.4, -0.2) is 63.4 Å². The maximum Gasteiger partial charge on any atom is 0.417 e. The van der Waals surface area contributed by atoms with Gasteiger partial charge in [-0.05, 0) is 18.2 Å². The number of carbonyl (C=O) groups is 3. The van der Waals surface area contributed by atoms with Crippen LogP contribution in [0.25, 0.3) is 11.0 Å². The zero-order valence-corrected chi connectivity index (χ0v) is 11.5. The molecular formula is C14H12N4O4. The van der Waals surface area contributed by atoms with Crippen LogP contribution in [-0.2, 0) is 9.53 Å². The molecule has 2 saturated heterocycles. The third-order valence-electron chi connectivity index (χ3n) is 3.97. The normalized spacial score (nSPS) is 18.7. The molecule has 2 fully saturated rings. The number of carbonyl (C=O) groups excluding carboxylic acids is 3. The molecule has 1 N–H and O–H groups in total. The maximum absolute atomic E-state index is 12.4. The largest absolute Gasteiger partial charge is 0.439 e. The van der Waals surface area contributed by atoms with Crippen molar-refractivity contribution < 1.29 is 19.1 Å². The van der Waals surface area contributed by atoms with Gasteiger partial charge in [-0.3, -0.25) is 9.59 Å². The Bertz CT molecular complexity index is 777. The van der Waals surface area contributed by atoms with Gasteiger partial charge >= 0.3 is 6.09 Å². The fraction of sp³-hybridized carbons (Fsp3) is 0.286. The summed E-state index contributed by atoms with van der Waals surface area (Å²) in [4.78, 5) is 45.1. The zero-order chi connectivity index (χ0) is 15.3. The molecule has 22 heavy (non-hydrogen) atoms. The highest BCUT2D eigenvalue weighted by molar-refractivity contribution is 6.00. The van der Waals surface area contributed by atoms with E-state index in [1.54, 1.807) is 29.4 Å². The number of aromatic nitrogens is 2. The summed E-state index contributed by atoms with van der Waals surface area (Å²) in [6.07, 6.45) is 0.949. The van der Waals surface area contributed by atoms with Crippen LogP contribution in [0.2, 0.25) is 0 Å². The molecule has 2 aliphatic rings. The van der Waals surface area contributed by atoms with Crippen molar-refractivity contribution in [2.45, 2.75) is 6.04 Å². The molecule has 0 radical (unpaired) electrons. The number of benzene rings is 1. The quantitative estimate of drug-likeness (QED) is 0.864. The molecule has 0 spiro atoms. The number of H-pyrrole nitrogens is 1. The van der Waals surface area contributed by atoms with Gasteiger partial charge in [-0.1, -0.05) is 0 Å². The number of ether oxygens (including phenoxy) is 1. The van der Waals surface area contributed by atoms with Crippen LogP contribution < -0.4 is 0 Å². The van der Waals surface area contributed by atoms with E-state index < -0.39 is 6.09 Å². The minimum absolute atomic E-state index is 0.132. The third-order valence-corrected chi connectivity index (χ3v) is 3.97. The Morgan fingerprint density at radius 3 is 2.86 bits per heavy atom. The zero-order valence-electron chi connectivity index (χ0n) is 11.5. The third kappa shape index (κ3) is 1.84. The van der Waals surface area contributed by atoms with E-state index >= 15 is 0 Å². The smallest absolute Gasteiger partial charge is 0.417 e. The Labute approximate surface area is 124 Å². The van der Waals surface area contributed by atoms with Gasteiger partial charge in [0.2, 0.25) is 0 Å². The van der Waals surface area contributed by atoms with E-state index in [9.17, 15) is 14.4 Å². The van der Waals surface area contributed by atoms with Crippen LogP contribution in [0.15, 0.2) is 24.5 Å². The van der Waals surface area contributed by atoms with Crippen LogP contribution in [0.1, 0.15) is 10.4 Å². The number of cyclic esters (lactones) is 1. The lowest BCUT2D eigenvalue weighted by atomic mass is 10.0. The Morgan fingerprint density at radius 1 is 1.32 bits per heavy atom. The Morgan fingerprint density at radius 2 is 2.14 bits per heavy atom. The van der Waals surface area contributed by atoms with Gasteiger partial charge in [0.25, 0.3) is 11.8 Å². The molecule has 0 bridgehead atoms. The van der Waals surface area contributed by atoms with E-state index in [4.69, 9.17) is 0 Å². The number of aromatic amines is 1. The average Bonchev–Trinajstić information content (AvgIpc) is 3.05. The first-order chi connectivity index (χ1) is 10.6. The fourth-order valence-electron chi connectivity index (χ4n) is 2.75. The number of fused-ring (bicyclic) bond motifs is 1. The van der Waals surface area contributed by atoms with Gasteiger partial charge < -0.3 is 14.6 Å². The van der Waals surface area contributed by atoms with Gasteiger partial charge in [0, 0.05) is 18.7 Å². The highest BCUT2D eigenvalue weighted by Gasteiger charge is 2.44. The topological polar surface area (TPSA) is 95.6 Å². The standard InChI is InChI=1S/C14H12N4O4/c19-12-6-22-14(21)18(12)9-4-17(5-9)13(20)8-1-2-10-11(3-8)16-7-15-10/h1-3,7,9H,4-6H2,(H,15,16). The van der Waals surface area contributed by atoms with Crippen molar-refractivity contribution in [1.29, 1.82) is 0 Å². The second-order valence-corrected chi connectivity index (χ2v) is 5.32. The number of imidazole rings is 1. The first-order valence-corrected chi connectivity index (χ1v) is 6.85. The van der Waals surface area contributed by atoms with Crippen LogP contribution >= 0.6 is 0 Å². The number of amides is 3. The van der Waals surface area contributed by atoms with E-state index in [2.05, 4.69) is 14.7 Å². The molecule has 0 aliphatic carbocycles. The number of rotatable bonds is 2. The SMILES string of the molecule is O=C(c1ccc2nc[nH]c2c1)N1CC(N2C(=O)COC2=O)C1. The van der Waals surface area contributed by atoms with Gasteiger partial charge in [0.1, 0.15) is 0 Å². The number of hydrogen-bond acceptors (Lipinski definition) is 5. The number of imide groups is 1. The second kappa shape index (κ2) is 4.55. The summed E-state index contributed by atoms with van der Waals surface area (Å²) < 4.78 is 4.68. The predicted octanol–water partition coefficient (Wildman–Crippen LogP) is 0.366. The molecule has 0 saturated carbocycles. The lowest BCUT2D eigenvalue weighted by Gasteiger charge is -2.41. The van der Waals surface area contributed by atoms with Crippen molar-refractivity contribution in [2.24, 2.45) is 0 Å². The van der Waals surface area contributed by atoms with Crippen molar-refractivity contribution in [3.63, 3.8) is 0 Å². The Kier molecular flexibility index (Phi) is 2.65. The summed E-state index contributed by atoms with van der Waals surface area (Å²) >= 11 is 0. The molecule has 4 rings (SSSR count). The molecule has 8 nitrogen and oxygen atoms in total. The maximum atomic E-state index is 12.4. The Hall–Kier alpha value is -2.90. The Balaban J connectivity index is 1.47. The van der Waals surface area contributed by atoms with E-state index in [1.807, 2.05) is 0 Å². The van der Waals surface area contributed by atoms with Crippen LogP contribution in [0, 0.1) is 0 Å². The first kappa shape index (κ1) is 12.8. The lowest BCUT2D eigenvalue weighted by molar-refractivity contribution is -0.129. The minimum atomic E-state index is -0.624. The predicted molar refractivity (Wildman–Crippen MR) is 74.0 cm³/mol. The van der Waals surface area contributed by atoms with Gasteiger partial charge in [0.15, 0.2) is 6.61 Å². The average molecular weight is 300 g/mol. The summed E-state index contributed by atoms with van der Waals surface area (Å²) in [5.41, 5.74) is 2.13. The lowest BCUT2D eigenvalue weighted by Crippen LogP contribution is -2.62. The number of nitrogens with zero attached hydrogens (tertiary/aromatic N) is 3.